The minimum Gasteiger partial charge on any atom is -0.440 e. The van der Waals surface area contributed by atoms with E-state index in [1.807, 2.05) is 24.3 Å². The standard InChI is InChI=1S/C15H15ClN2OS2/c16-12-5-3-4-11(8-12)13-9-17-14(19-13)10-21-15(20)18-6-1-2-7-18/h3-5,8-9H,1-2,6-7,10H2. The number of likely N-dealkylation sites (tertiary alicyclic amines) is 1. The van der Waals surface area contributed by atoms with Crippen molar-refractivity contribution in [2.75, 3.05) is 13.1 Å². The number of benzene rings is 1. The summed E-state index contributed by atoms with van der Waals surface area (Å²) >= 11 is 13.0. The van der Waals surface area contributed by atoms with Crippen molar-refractivity contribution in [3.05, 3.63) is 41.4 Å². The lowest BCUT2D eigenvalue weighted by atomic mass is 10.2. The second-order valence-electron chi connectivity index (χ2n) is 4.88. The Morgan fingerprint density at radius 1 is 1.38 bits per heavy atom. The first-order valence-corrected chi connectivity index (χ1v) is 8.62. The molecule has 2 heterocycles. The summed E-state index contributed by atoms with van der Waals surface area (Å²) in [4.78, 5) is 6.56. The summed E-state index contributed by atoms with van der Waals surface area (Å²) in [5.74, 6) is 2.09. The molecule has 0 amide bonds. The fourth-order valence-electron chi connectivity index (χ4n) is 2.27. The van der Waals surface area contributed by atoms with Crippen molar-refractivity contribution in [1.29, 1.82) is 0 Å². The molecule has 3 rings (SSSR count). The van der Waals surface area contributed by atoms with Crippen LogP contribution in [0.2, 0.25) is 5.02 Å². The van der Waals surface area contributed by atoms with Gasteiger partial charge in [0.05, 0.1) is 11.9 Å². The van der Waals surface area contributed by atoms with Crippen molar-refractivity contribution in [2.45, 2.75) is 18.6 Å². The highest BCUT2D eigenvalue weighted by molar-refractivity contribution is 8.22. The Bertz CT molecular complexity index is 638. The Hall–Kier alpha value is -1.04. The summed E-state index contributed by atoms with van der Waals surface area (Å²) in [6, 6.07) is 7.57. The van der Waals surface area contributed by atoms with E-state index in [0.717, 1.165) is 28.7 Å². The molecule has 0 bridgehead atoms. The smallest absolute Gasteiger partial charge is 0.205 e. The van der Waals surface area contributed by atoms with E-state index in [1.54, 1.807) is 18.0 Å². The molecule has 0 aliphatic carbocycles. The third-order valence-electron chi connectivity index (χ3n) is 3.35. The van der Waals surface area contributed by atoms with E-state index in [1.165, 1.54) is 12.8 Å². The molecule has 1 aliphatic rings. The number of oxazole rings is 1. The van der Waals surface area contributed by atoms with E-state index in [9.17, 15) is 0 Å². The summed E-state index contributed by atoms with van der Waals surface area (Å²) in [5, 5.41) is 0.690. The lowest BCUT2D eigenvalue weighted by molar-refractivity contribution is 0.528. The van der Waals surface area contributed by atoms with Gasteiger partial charge in [0.15, 0.2) is 5.76 Å². The predicted molar refractivity (Wildman–Crippen MR) is 91.6 cm³/mol. The number of hydrogen-bond acceptors (Lipinski definition) is 4. The summed E-state index contributed by atoms with van der Waals surface area (Å²) in [7, 11) is 0. The van der Waals surface area contributed by atoms with Gasteiger partial charge in [0.2, 0.25) is 5.89 Å². The molecule has 0 radical (unpaired) electrons. The van der Waals surface area contributed by atoms with Gasteiger partial charge < -0.3 is 9.32 Å². The zero-order valence-corrected chi connectivity index (χ0v) is 13.8. The average Bonchev–Trinajstić information content (AvgIpc) is 3.16. The van der Waals surface area contributed by atoms with Crippen LogP contribution in [0.15, 0.2) is 34.9 Å². The number of halogens is 1. The summed E-state index contributed by atoms with van der Waals surface area (Å²) in [5.41, 5.74) is 0.938. The van der Waals surface area contributed by atoms with Crippen molar-refractivity contribution in [2.24, 2.45) is 0 Å². The fourth-order valence-corrected chi connectivity index (χ4v) is 3.56. The zero-order chi connectivity index (χ0) is 14.7. The average molecular weight is 339 g/mol. The largest absolute Gasteiger partial charge is 0.440 e. The van der Waals surface area contributed by atoms with Crippen LogP contribution in [0.1, 0.15) is 18.7 Å². The second kappa shape index (κ2) is 6.81. The Kier molecular flexibility index (Phi) is 4.83. The van der Waals surface area contributed by atoms with Crippen molar-refractivity contribution in [3.63, 3.8) is 0 Å². The monoisotopic (exact) mass is 338 g/mol. The van der Waals surface area contributed by atoms with Gasteiger partial charge in [0, 0.05) is 23.7 Å². The van der Waals surface area contributed by atoms with E-state index in [-0.39, 0.29) is 0 Å². The number of hydrogen-bond donors (Lipinski definition) is 0. The number of nitrogens with zero attached hydrogens (tertiary/aromatic N) is 2. The van der Waals surface area contributed by atoms with Crippen LogP contribution < -0.4 is 0 Å². The van der Waals surface area contributed by atoms with Gasteiger partial charge in [-0.05, 0) is 25.0 Å². The van der Waals surface area contributed by atoms with Crippen molar-refractivity contribution in [3.8, 4) is 11.3 Å². The first-order chi connectivity index (χ1) is 10.2. The fraction of sp³-hybridized carbons (Fsp3) is 0.333. The minimum atomic E-state index is 0.663. The summed E-state index contributed by atoms with van der Waals surface area (Å²) in [6.07, 6.45) is 4.21. The maximum Gasteiger partial charge on any atom is 0.205 e. The Balaban J connectivity index is 1.61. The summed E-state index contributed by atoms with van der Waals surface area (Å²) < 4.78 is 6.71. The Morgan fingerprint density at radius 3 is 2.95 bits per heavy atom. The molecule has 21 heavy (non-hydrogen) atoms. The molecule has 0 unspecified atom stereocenters. The number of aromatic nitrogens is 1. The van der Waals surface area contributed by atoms with Gasteiger partial charge in [-0.2, -0.15) is 0 Å². The van der Waals surface area contributed by atoms with E-state index in [2.05, 4.69) is 9.88 Å². The third-order valence-corrected chi connectivity index (χ3v) is 5.09. The van der Waals surface area contributed by atoms with Crippen molar-refractivity contribution >= 4 is 39.9 Å². The Labute approximate surface area is 138 Å². The van der Waals surface area contributed by atoms with Crippen LogP contribution in [-0.2, 0) is 5.75 Å². The van der Waals surface area contributed by atoms with Gasteiger partial charge in [0.1, 0.15) is 4.32 Å². The highest BCUT2D eigenvalue weighted by atomic mass is 35.5. The van der Waals surface area contributed by atoms with Gasteiger partial charge in [-0.15, -0.1) is 0 Å². The maximum absolute atomic E-state index is 5.99. The molecule has 6 heteroatoms. The molecule has 1 aliphatic heterocycles. The molecular formula is C15H15ClN2OS2. The van der Waals surface area contributed by atoms with Crippen molar-refractivity contribution < 1.29 is 4.42 Å². The normalized spacial score (nSPS) is 14.6. The van der Waals surface area contributed by atoms with Crippen molar-refractivity contribution in [1.82, 2.24) is 9.88 Å². The van der Waals surface area contributed by atoms with Gasteiger partial charge in [-0.1, -0.05) is 47.7 Å². The van der Waals surface area contributed by atoms with E-state index in [0.29, 0.717) is 16.7 Å². The van der Waals surface area contributed by atoms with Crippen LogP contribution in [0.5, 0.6) is 0 Å². The first kappa shape index (κ1) is 14.9. The zero-order valence-electron chi connectivity index (χ0n) is 11.4. The van der Waals surface area contributed by atoms with Crippen LogP contribution in [0, 0.1) is 0 Å². The van der Waals surface area contributed by atoms with Crippen LogP contribution in [0.3, 0.4) is 0 Å². The quantitative estimate of drug-likeness (QED) is 0.762. The molecule has 0 atom stereocenters. The van der Waals surface area contributed by atoms with Gasteiger partial charge in [-0.25, -0.2) is 4.98 Å². The SMILES string of the molecule is S=C(SCc1ncc(-c2cccc(Cl)c2)o1)N1CCCC1. The second-order valence-corrected chi connectivity index (χ2v) is 6.92. The predicted octanol–water partition coefficient (Wildman–Crippen LogP) is 4.61. The molecule has 0 spiro atoms. The van der Waals surface area contributed by atoms with Crippen LogP contribution in [0.4, 0.5) is 0 Å². The number of rotatable bonds is 3. The molecule has 0 saturated carbocycles. The van der Waals surface area contributed by atoms with Crippen LogP contribution in [-0.4, -0.2) is 27.3 Å². The van der Waals surface area contributed by atoms with E-state index < -0.39 is 0 Å². The molecule has 3 nitrogen and oxygen atoms in total. The molecule has 110 valence electrons. The van der Waals surface area contributed by atoms with Gasteiger partial charge >= 0.3 is 0 Å². The highest BCUT2D eigenvalue weighted by Crippen LogP contribution is 2.26. The molecule has 1 aromatic carbocycles. The van der Waals surface area contributed by atoms with Crippen LogP contribution >= 0.6 is 35.6 Å². The Morgan fingerprint density at radius 2 is 2.19 bits per heavy atom. The molecule has 1 fully saturated rings. The molecule has 0 N–H and O–H groups in total. The van der Waals surface area contributed by atoms with Gasteiger partial charge in [-0.3, -0.25) is 0 Å². The molecular weight excluding hydrogens is 324 g/mol. The highest BCUT2D eigenvalue weighted by Gasteiger charge is 2.16. The molecule has 1 aromatic heterocycles. The lowest BCUT2D eigenvalue weighted by Crippen LogP contribution is -2.23. The summed E-state index contributed by atoms with van der Waals surface area (Å²) in [6.45, 7) is 2.15. The minimum absolute atomic E-state index is 0.663. The van der Waals surface area contributed by atoms with E-state index in [4.69, 9.17) is 28.2 Å². The number of thioether (sulfide) groups is 1. The number of thiocarbonyl (C=S) groups is 1. The topological polar surface area (TPSA) is 29.3 Å². The third kappa shape index (κ3) is 3.78. The lowest BCUT2D eigenvalue weighted by Gasteiger charge is -2.16. The molecule has 1 saturated heterocycles. The first-order valence-electron chi connectivity index (χ1n) is 6.85. The maximum atomic E-state index is 5.99. The van der Waals surface area contributed by atoms with E-state index >= 15 is 0 Å². The van der Waals surface area contributed by atoms with Gasteiger partial charge in [0.25, 0.3) is 0 Å². The van der Waals surface area contributed by atoms with Crippen LogP contribution in [0.25, 0.3) is 11.3 Å². The molecule has 2 aromatic rings.